The summed E-state index contributed by atoms with van der Waals surface area (Å²) in [6, 6.07) is 2.19. The van der Waals surface area contributed by atoms with E-state index in [9.17, 15) is 28.8 Å². The molecular formula is C20H16N4O6S2. The maximum Gasteiger partial charge on any atom is 0.333 e. The van der Waals surface area contributed by atoms with Gasteiger partial charge in [-0.2, -0.15) is 0 Å². The molecule has 10 nitrogen and oxygen atoms in total. The molecule has 0 N–H and O–H groups in total. The molecule has 0 spiro atoms. The van der Waals surface area contributed by atoms with E-state index in [1.165, 1.54) is 63.0 Å². The van der Waals surface area contributed by atoms with Crippen LogP contribution in [0.2, 0.25) is 0 Å². The van der Waals surface area contributed by atoms with Gasteiger partial charge in [-0.25, -0.2) is 9.59 Å². The van der Waals surface area contributed by atoms with E-state index >= 15 is 0 Å². The Bertz CT molecular complexity index is 1140. The molecular weight excluding hydrogens is 456 g/mol. The Balaban J connectivity index is 1.66. The minimum Gasteiger partial charge on any atom is -0.268 e. The Morgan fingerprint density at radius 1 is 0.562 bits per heavy atom. The van der Waals surface area contributed by atoms with Crippen molar-refractivity contribution in [2.75, 3.05) is 28.2 Å². The fourth-order valence-corrected chi connectivity index (χ4v) is 5.55. The van der Waals surface area contributed by atoms with Gasteiger partial charge in [0.1, 0.15) is 11.1 Å². The van der Waals surface area contributed by atoms with Crippen molar-refractivity contribution in [3.05, 3.63) is 33.0 Å². The highest BCUT2D eigenvalue weighted by molar-refractivity contribution is 7.28. The lowest BCUT2D eigenvalue weighted by Gasteiger charge is -2.28. The lowest BCUT2D eigenvalue weighted by molar-refractivity contribution is -0.135. The van der Waals surface area contributed by atoms with Gasteiger partial charge >= 0.3 is 12.1 Å². The van der Waals surface area contributed by atoms with E-state index in [4.69, 9.17) is 0 Å². The van der Waals surface area contributed by atoms with E-state index < -0.39 is 35.7 Å². The van der Waals surface area contributed by atoms with E-state index in [0.29, 0.717) is 9.75 Å². The van der Waals surface area contributed by atoms with Gasteiger partial charge in [-0.1, -0.05) is 0 Å². The summed E-state index contributed by atoms with van der Waals surface area (Å²) in [5.74, 6) is -2.68. The van der Waals surface area contributed by atoms with Crippen molar-refractivity contribution in [2.45, 2.75) is 0 Å². The van der Waals surface area contributed by atoms with Gasteiger partial charge in [-0.3, -0.25) is 38.8 Å². The number of barbiturate groups is 2. The molecule has 0 aliphatic carbocycles. The molecule has 12 heteroatoms. The zero-order chi connectivity index (χ0) is 23.5. The molecule has 2 aromatic heterocycles. The molecule has 0 unspecified atom stereocenters. The zero-order valence-corrected chi connectivity index (χ0v) is 19.0. The van der Waals surface area contributed by atoms with Crippen LogP contribution < -0.4 is 0 Å². The van der Waals surface area contributed by atoms with E-state index in [2.05, 4.69) is 0 Å². The topological polar surface area (TPSA) is 115 Å². The lowest BCUT2D eigenvalue weighted by atomic mass is 10.1. The van der Waals surface area contributed by atoms with E-state index in [-0.39, 0.29) is 11.1 Å². The number of hydrogen-bond acceptors (Lipinski definition) is 8. The standard InChI is InChI=1S/C20H16N4O6S2/c1-21-15(25)11(16(26)22(2)19(21)29)5-9-7-13-14(31-9)8-10(32-13)6-12-17(27)23(3)20(30)24(4)18(12)28/h5-8H,1-4H3. The first-order valence-corrected chi connectivity index (χ1v) is 10.8. The Morgan fingerprint density at radius 2 is 0.844 bits per heavy atom. The van der Waals surface area contributed by atoms with Crippen molar-refractivity contribution in [1.29, 1.82) is 0 Å². The molecule has 2 fully saturated rings. The molecule has 2 saturated heterocycles. The number of imide groups is 4. The second-order valence-corrected chi connectivity index (χ2v) is 9.39. The summed E-state index contributed by atoms with van der Waals surface area (Å²) in [5, 5.41) is 0. The van der Waals surface area contributed by atoms with Crippen LogP contribution in [0.25, 0.3) is 21.6 Å². The van der Waals surface area contributed by atoms with Crippen LogP contribution in [-0.4, -0.2) is 83.5 Å². The van der Waals surface area contributed by atoms with Crippen LogP contribution in [0.3, 0.4) is 0 Å². The average molecular weight is 473 g/mol. The molecule has 0 saturated carbocycles. The predicted octanol–water partition coefficient (Wildman–Crippen LogP) is 1.83. The zero-order valence-electron chi connectivity index (χ0n) is 17.4. The Kier molecular flexibility index (Phi) is 5.06. The van der Waals surface area contributed by atoms with Crippen molar-refractivity contribution in [2.24, 2.45) is 0 Å². The van der Waals surface area contributed by atoms with Crippen molar-refractivity contribution in [3.63, 3.8) is 0 Å². The summed E-state index contributed by atoms with van der Waals surface area (Å²) in [6.07, 6.45) is 2.90. The quantitative estimate of drug-likeness (QED) is 0.487. The van der Waals surface area contributed by atoms with Crippen LogP contribution in [0.5, 0.6) is 0 Å². The van der Waals surface area contributed by atoms with Gasteiger partial charge in [0.2, 0.25) is 0 Å². The number of carbonyl (C=O) groups is 6. The van der Waals surface area contributed by atoms with Crippen LogP contribution in [-0.2, 0) is 19.2 Å². The number of carbonyl (C=O) groups excluding carboxylic acids is 6. The molecule has 0 bridgehead atoms. The largest absolute Gasteiger partial charge is 0.333 e. The van der Waals surface area contributed by atoms with Crippen LogP contribution in [0.15, 0.2) is 23.3 Å². The molecule has 0 radical (unpaired) electrons. The number of nitrogens with zero attached hydrogens (tertiary/aromatic N) is 4. The molecule has 164 valence electrons. The van der Waals surface area contributed by atoms with Crippen LogP contribution in [0, 0.1) is 0 Å². The van der Waals surface area contributed by atoms with Gasteiger partial charge in [-0.05, 0) is 24.3 Å². The highest BCUT2D eigenvalue weighted by Gasteiger charge is 2.39. The third-order valence-corrected chi connectivity index (χ3v) is 7.29. The summed E-state index contributed by atoms with van der Waals surface area (Å²) in [5.41, 5.74) is -0.222. The molecule has 0 aromatic carbocycles. The molecule has 8 amide bonds. The number of thiophene rings is 2. The summed E-state index contributed by atoms with van der Waals surface area (Å²) in [7, 11) is 5.24. The normalized spacial score (nSPS) is 18.0. The number of amides is 8. The molecule has 4 heterocycles. The Morgan fingerprint density at radius 3 is 1.12 bits per heavy atom. The Labute approximate surface area is 189 Å². The third-order valence-electron chi connectivity index (χ3n) is 5.11. The van der Waals surface area contributed by atoms with Gasteiger partial charge in [0, 0.05) is 47.3 Å². The van der Waals surface area contributed by atoms with E-state index in [1.807, 2.05) is 0 Å². The minimum absolute atomic E-state index is 0.111. The fraction of sp³-hybridized carbons (Fsp3) is 0.200. The number of likely N-dealkylation sites (N-methyl/N-ethyl adjacent to an activating group) is 4. The summed E-state index contributed by atoms with van der Waals surface area (Å²) in [6.45, 7) is 0. The number of hydrogen-bond donors (Lipinski definition) is 0. The van der Waals surface area contributed by atoms with Crippen LogP contribution in [0.1, 0.15) is 9.75 Å². The second kappa shape index (κ2) is 7.50. The van der Waals surface area contributed by atoms with E-state index in [0.717, 1.165) is 29.0 Å². The SMILES string of the molecule is CN1C(=O)C(=Cc2cc3sc(C=C4C(=O)N(C)C(=O)N(C)C4=O)cc3s2)C(=O)N(C)C1=O. The Hall–Kier alpha value is -3.64. The predicted molar refractivity (Wildman–Crippen MR) is 118 cm³/mol. The van der Waals surface area contributed by atoms with Crippen molar-refractivity contribution in [3.8, 4) is 0 Å². The van der Waals surface area contributed by atoms with Gasteiger partial charge < -0.3 is 0 Å². The van der Waals surface area contributed by atoms with Gasteiger partial charge in [0.15, 0.2) is 0 Å². The third kappa shape index (κ3) is 3.24. The molecule has 4 rings (SSSR count). The molecule has 32 heavy (non-hydrogen) atoms. The van der Waals surface area contributed by atoms with Crippen LogP contribution >= 0.6 is 22.7 Å². The number of fused-ring (bicyclic) bond motifs is 1. The smallest absolute Gasteiger partial charge is 0.268 e. The molecule has 2 aliphatic heterocycles. The fourth-order valence-electron chi connectivity index (χ4n) is 3.25. The highest BCUT2D eigenvalue weighted by atomic mass is 32.1. The molecule has 2 aliphatic rings. The monoisotopic (exact) mass is 472 g/mol. The highest BCUT2D eigenvalue weighted by Crippen LogP contribution is 2.36. The van der Waals surface area contributed by atoms with Crippen molar-refractivity contribution in [1.82, 2.24) is 19.6 Å². The molecule has 2 aromatic rings. The minimum atomic E-state index is -0.688. The second-order valence-electron chi connectivity index (χ2n) is 7.16. The molecule has 0 atom stereocenters. The van der Waals surface area contributed by atoms with Crippen molar-refractivity contribution < 1.29 is 28.8 Å². The summed E-state index contributed by atoms with van der Waals surface area (Å²) >= 11 is 2.64. The summed E-state index contributed by atoms with van der Waals surface area (Å²) < 4.78 is 1.66. The average Bonchev–Trinajstić information content (AvgIpc) is 3.32. The first-order valence-electron chi connectivity index (χ1n) is 9.18. The maximum atomic E-state index is 12.4. The maximum absolute atomic E-state index is 12.4. The van der Waals surface area contributed by atoms with E-state index in [1.54, 1.807) is 12.1 Å². The number of urea groups is 2. The van der Waals surface area contributed by atoms with Crippen molar-refractivity contribution >= 4 is 79.9 Å². The lowest BCUT2D eigenvalue weighted by Crippen LogP contribution is -2.52. The summed E-state index contributed by atoms with van der Waals surface area (Å²) in [4.78, 5) is 78.0. The van der Waals surface area contributed by atoms with Gasteiger partial charge in [0.05, 0.1) is 0 Å². The van der Waals surface area contributed by atoms with Gasteiger partial charge in [-0.15, -0.1) is 22.7 Å². The first kappa shape index (κ1) is 21.6. The first-order chi connectivity index (χ1) is 15.0. The number of rotatable bonds is 2. The van der Waals surface area contributed by atoms with Crippen LogP contribution in [0.4, 0.5) is 9.59 Å². The van der Waals surface area contributed by atoms with Gasteiger partial charge in [0.25, 0.3) is 23.6 Å².